The van der Waals surface area contributed by atoms with Gasteiger partial charge >= 0.3 is 0 Å². The van der Waals surface area contributed by atoms with Gasteiger partial charge in [0, 0.05) is 24.7 Å². The van der Waals surface area contributed by atoms with Gasteiger partial charge in [-0.1, -0.05) is 24.3 Å². The van der Waals surface area contributed by atoms with Crippen LogP contribution in [0, 0.1) is 12.8 Å². The molecule has 6 nitrogen and oxygen atoms in total. The summed E-state index contributed by atoms with van der Waals surface area (Å²) in [4.78, 5) is 39.2. The molecule has 3 amide bonds. The van der Waals surface area contributed by atoms with E-state index in [2.05, 4.69) is 10.6 Å². The van der Waals surface area contributed by atoms with Gasteiger partial charge in [-0.15, -0.1) is 0 Å². The van der Waals surface area contributed by atoms with Crippen LogP contribution in [0.4, 0.5) is 11.4 Å². The molecule has 2 N–H and O–H groups in total. The molecule has 3 rings (SSSR count). The second kappa shape index (κ2) is 8.25. The van der Waals surface area contributed by atoms with Gasteiger partial charge in [-0.25, -0.2) is 0 Å². The maximum atomic E-state index is 12.8. The van der Waals surface area contributed by atoms with Crippen LogP contribution >= 0.6 is 0 Å². The Morgan fingerprint density at radius 3 is 2.57 bits per heavy atom. The van der Waals surface area contributed by atoms with Crippen molar-refractivity contribution >= 4 is 29.1 Å². The molecule has 1 heterocycles. The summed E-state index contributed by atoms with van der Waals surface area (Å²) in [5.74, 6) is -1.03. The van der Waals surface area contributed by atoms with E-state index < -0.39 is 5.92 Å². The van der Waals surface area contributed by atoms with Crippen molar-refractivity contribution in [2.45, 2.75) is 33.2 Å². The third-order valence-electron chi connectivity index (χ3n) is 4.66. The minimum absolute atomic E-state index is 0.00778. The molecule has 0 radical (unpaired) electrons. The first-order valence-corrected chi connectivity index (χ1v) is 9.43. The fourth-order valence-electron chi connectivity index (χ4n) is 3.29. The Hall–Kier alpha value is -3.15. The molecule has 28 heavy (non-hydrogen) atoms. The quantitative estimate of drug-likeness (QED) is 0.838. The summed E-state index contributed by atoms with van der Waals surface area (Å²) in [5.41, 5.74) is 2.72. The van der Waals surface area contributed by atoms with Crippen molar-refractivity contribution in [3.63, 3.8) is 0 Å². The van der Waals surface area contributed by atoms with E-state index in [0.717, 1.165) is 11.3 Å². The number of aryl methyl sites for hydroxylation is 1. The molecule has 0 aromatic heterocycles. The molecule has 146 valence electrons. The van der Waals surface area contributed by atoms with Crippen molar-refractivity contribution in [1.82, 2.24) is 5.32 Å². The Kier molecular flexibility index (Phi) is 5.78. The molecule has 1 saturated heterocycles. The summed E-state index contributed by atoms with van der Waals surface area (Å²) in [5, 5.41) is 5.66. The summed E-state index contributed by atoms with van der Waals surface area (Å²) < 4.78 is 0. The molecule has 0 spiro atoms. The molecule has 0 bridgehead atoms. The van der Waals surface area contributed by atoms with Crippen molar-refractivity contribution in [3.05, 3.63) is 59.7 Å². The van der Waals surface area contributed by atoms with E-state index in [1.54, 1.807) is 29.2 Å². The molecule has 1 unspecified atom stereocenters. The molecule has 1 atom stereocenters. The van der Waals surface area contributed by atoms with Crippen LogP contribution in [-0.2, 0) is 9.59 Å². The zero-order chi connectivity index (χ0) is 20.3. The van der Waals surface area contributed by atoms with Crippen molar-refractivity contribution in [2.75, 3.05) is 16.8 Å². The van der Waals surface area contributed by atoms with Crippen LogP contribution in [-0.4, -0.2) is 30.3 Å². The second-order valence-electron chi connectivity index (χ2n) is 7.41. The first-order valence-electron chi connectivity index (χ1n) is 9.43. The number of benzene rings is 2. The summed E-state index contributed by atoms with van der Waals surface area (Å²) in [6.07, 6.45) is 0.153. The van der Waals surface area contributed by atoms with Crippen LogP contribution < -0.4 is 15.5 Å². The van der Waals surface area contributed by atoms with Crippen molar-refractivity contribution in [3.8, 4) is 0 Å². The fourth-order valence-corrected chi connectivity index (χ4v) is 3.29. The number of carbonyl (C=O) groups excluding carboxylic acids is 3. The summed E-state index contributed by atoms with van der Waals surface area (Å²) >= 11 is 0. The third kappa shape index (κ3) is 4.39. The lowest BCUT2D eigenvalue weighted by atomic mass is 10.1. The van der Waals surface area contributed by atoms with Gasteiger partial charge in [-0.05, 0) is 50.6 Å². The van der Waals surface area contributed by atoms with Gasteiger partial charge in [-0.3, -0.25) is 14.4 Å². The van der Waals surface area contributed by atoms with Crippen LogP contribution in [0.15, 0.2) is 48.5 Å². The van der Waals surface area contributed by atoms with E-state index in [1.165, 1.54) is 0 Å². The molecule has 1 aliphatic rings. The van der Waals surface area contributed by atoms with Crippen molar-refractivity contribution in [2.24, 2.45) is 5.92 Å². The molecule has 0 aliphatic carbocycles. The number of nitrogens with zero attached hydrogens (tertiary/aromatic N) is 1. The van der Waals surface area contributed by atoms with Gasteiger partial charge in [0.25, 0.3) is 5.91 Å². The number of para-hydroxylation sites is 1. The molecule has 1 aliphatic heterocycles. The van der Waals surface area contributed by atoms with E-state index in [1.807, 2.05) is 45.0 Å². The highest BCUT2D eigenvalue weighted by atomic mass is 16.2. The number of rotatable bonds is 5. The highest BCUT2D eigenvalue weighted by molar-refractivity contribution is 6.07. The van der Waals surface area contributed by atoms with Crippen LogP contribution in [0.5, 0.6) is 0 Å². The number of nitrogens with one attached hydrogen (secondary N) is 2. The summed E-state index contributed by atoms with van der Waals surface area (Å²) in [6.45, 7) is 6.05. The molecular weight excluding hydrogens is 354 g/mol. The topological polar surface area (TPSA) is 78.5 Å². The fraction of sp³-hybridized carbons (Fsp3) is 0.318. The largest absolute Gasteiger partial charge is 0.350 e. The maximum Gasteiger partial charge on any atom is 0.253 e. The van der Waals surface area contributed by atoms with Crippen LogP contribution in [0.25, 0.3) is 0 Å². The number of hydrogen-bond donors (Lipinski definition) is 2. The number of hydrogen-bond acceptors (Lipinski definition) is 3. The Morgan fingerprint density at radius 2 is 1.86 bits per heavy atom. The average molecular weight is 379 g/mol. The van der Waals surface area contributed by atoms with E-state index in [4.69, 9.17) is 0 Å². The van der Waals surface area contributed by atoms with E-state index >= 15 is 0 Å². The Bertz CT molecular complexity index is 907. The van der Waals surface area contributed by atoms with E-state index in [9.17, 15) is 14.4 Å². The number of amides is 3. The van der Waals surface area contributed by atoms with Gasteiger partial charge < -0.3 is 15.5 Å². The molecule has 2 aromatic carbocycles. The van der Waals surface area contributed by atoms with E-state index in [-0.39, 0.29) is 30.2 Å². The molecule has 1 fully saturated rings. The summed E-state index contributed by atoms with van der Waals surface area (Å²) in [6, 6.07) is 14.5. The monoisotopic (exact) mass is 379 g/mol. The standard InChI is InChI=1S/C22H25N3O3/c1-14(2)23-22(28)18-9-4-5-10-19(18)24-21(27)16-12-20(26)25(13-16)17-8-6-7-15(3)11-17/h4-11,14,16H,12-13H2,1-3H3,(H,23,28)(H,24,27). The Morgan fingerprint density at radius 1 is 1.11 bits per heavy atom. The summed E-state index contributed by atoms with van der Waals surface area (Å²) in [7, 11) is 0. The zero-order valence-electron chi connectivity index (χ0n) is 16.4. The van der Waals surface area contributed by atoms with Crippen LogP contribution in [0.3, 0.4) is 0 Å². The molecular formula is C22H25N3O3. The molecule has 6 heteroatoms. The lowest BCUT2D eigenvalue weighted by Crippen LogP contribution is -2.32. The lowest BCUT2D eigenvalue weighted by molar-refractivity contribution is -0.122. The number of anilines is 2. The Balaban J connectivity index is 1.73. The van der Waals surface area contributed by atoms with E-state index in [0.29, 0.717) is 17.8 Å². The highest BCUT2D eigenvalue weighted by Crippen LogP contribution is 2.27. The first kappa shape index (κ1) is 19.6. The minimum Gasteiger partial charge on any atom is -0.350 e. The predicted molar refractivity (Wildman–Crippen MR) is 109 cm³/mol. The smallest absolute Gasteiger partial charge is 0.253 e. The van der Waals surface area contributed by atoms with Crippen LogP contribution in [0.1, 0.15) is 36.2 Å². The first-order chi connectivity index (χ1) is 13.3. The van der Waals surface area contributed by atoms with Gasteiger partial charge in [-0.2, -0.15) is 0 Å². The molecule has 0 saturated carbocycles. The lowest BCUT2D eigenvalue weighted by Gasteiger charge is -2.18. The maximum absolute atomic E-state index is 12.8. The number of carbonyl (C=O) groups is 3. The SMILES string of the molecule is Cc1cccc(N2CC(C(=O)Nc3ccccc3C(=O)NC(C)C)CC2=O)c1. The molecule has 2 aromatic rings. The van der Waals surface area contributed by atoms with Gasteiger partial charge in [0.1, 0.15) is 0 Å². The second-order valence-corrected chi connectivity index (χ2v) is 7.41. The minimum atomic E-state index is -0.464. The Labute approximate surface area is 164 Å². The highest BCUT2D eigenvalue weighted by Gasteiger charge is 2.35. The van der Waals surface area contributed by atoms with Crippen LogP contribution in [0.2, 0.25) is 0 Å². The van der Waals surface area contributed by atoms with Gasteiger partial charge in [0.15, 0.2) is 0 Å². The third-order valence-corrected chi connectivity index (χ3v) is 4.66. The zero-order valence-corrected chi connectivity index (χ0v) is 16.4. The average Bonchev–Trinajstić information content (AvgIpc) is 3.03. The predicted octanol–water partition coefficient (Wildman–Crippen LogP) is 3.12. The van der Waals surface area contributed by atoms with Gasteiger partial charge in [0.2, 0.25) is 11.8 Å². The van der Waals surface area contributed by atoms with Gasteiger partial charge in [0.05, 0.1) is 17.2 Å². The van der Waals surface area contributed by atoms with Crippen molar-refractivity contribution < 1.29 is 14.4 Å². The normalized spacial score (nSPS) is 16.4. The van der Waals surface area contributed by atoms with Crippen molar-refractivity contribution in [1.29, 1.82) is 0 Å².